The molecule has 2 aliphatic rings. The molecule has 2 aliphatic heterocycles. The highest BCUT2D eigenvalue weighted by Crippen LogP contribution is 2.32. The van der Waals surface area contributed by atoms with Gasteiger partial charge in [0.15, 0.2) is 6.19 Å². The first-order chi connectivity index (χ1) is 12.6. The van der Waals surface area contributed by atoms with E-state index in [1.807, 2.05) is 54.6 Å². The van der Waals surface area contributed by atoms with Gasteiger partial charge in [-0.2, -0.15) is 18.0 Å². The molecular formula is C19H20N4O2S. The minimum absolute atomic E-state index is 0.123. The fourth-order valence-electron chi connectivity index (χ4n) is 3.72. The molecule has 0 amide bonds. The molecule has 0 aromatic heterocycles. The van der Waals surface area contributed by atoms with Crippen LogP contribution in [-0.4, -0.2) is 49.8 Å². The second-order valence-corrected chi connectivity index (χ2v) is 8.40. The minimum atomic E-state index is -3.56. The first kappa shape index (κ1) is 16.9. The molecule has 0 aliphatic carbocycles. The topological polar surface area (TPSA) is 67.7 Å². The van der Waals surface area contributed by atoms with Crippen LogP contribution < -0.4 is 4.31 Å². The molecule has 0 spiro atoms. The van der Waals surface area contributed by atoms with Crippen LogP contribution in [0.25, 0.3) is 11.1 Å². The number of nitriles is 1. The Morgan fingerprint density at radius 2 is 1.73 bits per heavy atom. The Hall–Kier alpha value is -2.56. The van der Waals surface area contributed by atoms with E-state index in [9.17, 15) is 8.42 Å². The van der Waals surface area contributed by atoms with Crippen molar-refractivity contribution in [1.82, 2.24) is 9.21 Å². The predicted octanol–water partition coefficient (Wildman–Crippen LogP) is 2.28. The maximum absolute atomic E-state index is 13.1. The van der Waals surface area contributed by atoms with Crippen molar-refractivity contribution in [1.29, 1.82) is 5.26 Å². The van der Waals surface area contributed by atoms with E-state index >= 15 is 0 Å². The van der Waals surface area contributed by atoms with Crippen LogP contribution >= 0.6 is 0 Å². The molecule has 0 saturated carbocycles. The highest BCUT2D eigenvalue weighted by atomic mass is 32.2. The van der Waals surface area contributed by atoms with Crippen LogP contribution in [-0.2, 0) is 10.2 Å². The minimum Gasteiger partial charge on any atom is -0.309 e. The van der Waals surface area contributed by atoms with E-state index in [1.165, 1.54) is 4.31 Å². The summed E-state index contributed by atoms with van der Waals surface area (Å²) < 4.78 is 29.2. The molecule has 2 saturated heterocycles. The van der Waals surface area contributed by atoms with E-state index in [-0.39, 0.29) is 6.04 Å². The normalized spacial score (nSPS) is 22.5. The van der Waals surface area contributed by atoms with Crippen molar-refractivity contribution in [3.05, 3.63) is 54.6 Å². The molecule has 7 heteroatoms. The number of hydrogen-bond donors (Lipinski definition) is 0. The van der Waals surface area contributed by atoms with Crippen LogP contribution in [0.1, 0.15) is 6.42 Å². The zero-order valence-corrected chi connectivity index (χ0v) is 15.1. The summed E-state index contributed by atoms with van der Waals surface area (Å²) in [5.41, 5.74) is 2.74. The van der Waals surface area contributed by atoms with Gasteiger partial charge in [-0.1, -0.05) is 42.5 Å². The number of hydrogen-bond acceptors (Lipinski definition) is 4. The van der Waals surface area contributed by atoms with Crippen LogP contribution in [0.4, 0.5) is 5.69 Å². The fourth-order valence-corrected chi connectivity index (χ4v) is 5.53. The maximum Gasteiger partial charge on any atom is 0.304 e. The van der Waals surface area contributed by atoms with Gasteiger partial charge in [0, 0.05) is 32.2 Å². The lowest BCUT2D eigenvalue weighted by atomic mass is 10.1. The molecule has 26 heavy (non-hydrogen) atoms. The molecule has 0 bridgehead atoms. The highest BCUT2D eigenvalue weighted by Gasteiger charge is 2.43. The number of rotatable bonds is 3. The number of benzene rings is 2. The van der Waals surface area contributed by atoms with Crippen molar-refractivity contribution in [3.8, 4) is 17.3 Å². The molecule has 0 radical (unpaired) electrons. The van der Waals surface area contributed by atoms with E-state index in [2.05, 4.69) is 6.19 Å². The van der Waals surface area contributed by atoms with Gasteiger partial charge in [-0.25, -0.2) is 0 Å². The van der Waals surface area contributed by atoms with Gasteiger partial charge in [-0.05, 0) is 29.7 Å². The Morgan fingerprint density at radius 3 is 2.46 bits per heavy atom. The van der Waals surface area contributed by atoms with E-state index in [0.29, 0.717) is 38.3 Å². The summed E-state index contributed by atoms with van der Waals surface area (Å²) in [5, 5.41) is 9.02. The molecule has 2 aromatic rings. The van der Waals surface area contributed by atoms with E-state index < -0.39 is 10.2 Å². The standard InChI is InChI=1S/C19H20N4O2S/c20-15-21-10-9-19(14-21)23-12-11-22(26(23,24)25)18-8-4-7-17(13-18)16-5-2-1-3-6-16/h1-8,13,19H,9-12,14H2. The van der Waals surface area contributed by atoms with Crippen molar-refractivity contribution in [3.63, 3.8) is 0 Å². The summed E-state index contributed by atoms with van der Waals surface area (Å²) in [7, 11) is -3.56. The smallest absolute Gasteiger partial charge is 0.304 e. The van der Waals surface area contributed by atoms with Gasteiger partial charge < -0.3 is 4.90 Å². The summed E-state index contributed by atoms with van der Waals surface area (Å²) in [6.45, 7) is 2.00. The lowest BCUT2D eigenvalue weighted by Gasteiger charge is -2.24. The molecule has 1 atom stereocenters. The lowest BCUT2D eigenvalue weighted by Crippen LogP contribution is -2.41. The van der Waals surface area contributed by atoms with Crippen LogP contribution in [0, 0.1) is 11.5 Å². The third-order valence-electron chi connectivity index (χ3n) is 5.05. The molecule has 6 nitrogen and oxygen atoms in total. The summed E-state index contributed by atoms with van der Waals surface area (Å²) in [5.74, 6) is 0. The third kappa shape index (κ3) is 2.91. The van der Waals surface area contributed by atoms with Crippen LogP contribution in [0.15, 0.2) is 54.6 Å². The van der Waals surface area contributed by atoms with Gasteiger partial charge >= 0.3 is 10.2 Å². The summed E-state index contributed by atoms with van der Waals surface area (Å²) in [6.07, 6.45) is 2.81. The van der Waals surface area contributed by atoms with Crippen molar-refractivity contribution >= 4 is 15.9 Å². The molecular weight excluding hydrogens is 348 g/mol. The van der Waals surface area contributed by atoms with Gasteiger partial charge in [0.1, 0.15) is 0 Å². The van der Waals surface area contributed by atoms with Gasteiger partial charge in [0.2, 0.25) is 0 Å². The second-order valence-electron chi connectivity index (χ2n) is 6.60. The first-order valence-electron chi connectivity index (χ1n) is 8.69. The molecule has 1 unspecified atom stereocenters. The van der Waals surface area contributed by atoms with Gasteiger partial charge in [0.05, 0.1) is 5.69 Å². The molecule has 2 heterocycles. The predicted molar refractivity (Wildman–Crippen MR) is 100 cm³/mol. The van der Waals surface area contributed by atoms with Crippen molar-refractivity contribution in [2.24, 2.45) is 0 Å². The van der Waals surface area contributed by atoms with Gasteiger partial charge in [-0.3, -0.25) is 4.31 Å². The van der Waals surface area contributed by atoms with Crippen LogP contribution in [0.3, 0.4) is 0 Å². The first-order valence-corrected chi connectivity index (χ1v) is 10.1. The summed E-state index contributed by atoms with van der Waals surface area (Å²) in [6, 6.07) is 17.4. The second kappa shape index (κ2) is 6.63. The molecule has 2 fully saturated rings. The number of likely N-dealkylation sites (tertiary alicyclic amines) is 1. The van der Waals surface area contributed by atoms with Crippen molar-refractivity contribution in [2.75, 3.05) is 30.5 Å². The molecule has 134 valence electrons. The van der Waals surface area contributed by atoms with E-state index in [1.54, 1.807) is 9.21 Å². The molecule has 0 N–H and O–H groups in total. The average molecular weight is 368 g/mol. The average Bonchev–Trinajstić information content (AvgIpc) is 3.26. The number of anilines is 1. The SMILES string of the molecule is N#CN1CCC(N2CCN(c3cccc(-c4ccccc4)c3)S2(=O)=O)C1. The summed E-state index contributed by atoms with van der Waals surface area (Å²) >= 11 is 0. The number of nitrogens with zero attached hydrogens (tertiary/aromatic N) is 4. The molecule has 2 aromatic carbocycles. The van der Waals surface area contributed by atoms with Crippen molar-refractivity contribution < 1.29 is 8.42 Å². The summed E-state index contributed by atoms with van der Waals surface area (Å²) in [4.78, 5) is 1.62. The largest absolute Gasteiger partial charge is 0.309 e. The fraction of sp³-hybridized carbons (Fsp3) is 0.316. The molecule has 4 rings (SSSR count). The van der Waals surface area contributed by atoms with Gasteiger partial charge in [-0.15, -0.1) is 0 Å². The van der Waals surface area contributed by atoms with Crippen LogP contribution in [0.5, 0.6) is 0 Å². The lowest BCUT2D eigenvalue weighted by molar-refractivity contribution is 0.345. The van der Waals surface area contributed by atoms with E-state index in [0.717, 1.165) is 11.1 Å². The zero-order chi connectivity index (χ0) is 18.1. The maximum atomic E-state index is 13.1. The Labute approximate surface area is 154 Å². The van der Waals surface area contributed by atoms with E-state index in [4.69, 9.17) is 5.26 Å². The monoisotopic (exact) mass is 368 g/mol. The zero-order valence-electron chi connectivity index (χ0n) is 14.3. The Balaban J connectivity index is 1.61. The van der Waals surface area contributed by atoms with Gasteiger partial charge in [0.25, 0.3) is 0 Å². The Kier molecular flexibility index (Phi) is 4.31. The van der Waals surface area contributed by atoms with Crippen LogP contribution in [0.2, 0.25) is 0 Å². The Morgan fingerprint density at radius 1 is 0.962 bits per heavy atom. The Bertz CT molecular complexity index is 940. The highest BCUT2D eigenvalue weighted by molar-refractivity contribution is 7.90. The third-order valence-corrected chi connectivity index (χ3v) is 7.08. The quantitative estimate of drug-likeness (QED) is 0.780. The van der Waals surface area contributed by atoms with Crippen molar-refractivity contribution in [2.45, 2.75) is 12.5 Å².